The minimum absolute atomic E-state index is 0.248. The van der Waals surface area contributed by atoms with Gasteiger partial charge in [0.2, 0.25) is 5.95 Å². The Morgan fingerprint density at radius 2 is 1.76 bits per heavy atom. The molecule has 5 rings (SSSR count). The number of nitrogens with one attached hydrogen (secondary N) is 2. The number of hydrogen-bond acceptors (Lipinski definition) is 8. The van der Waals surface area contributed by atoms with Crippen molar-refractivity contribution in [3.8, 4) is 17.0 Å². The van der Waals surface area contributed by atoms with Crippen molar-refractivity contribution in [2.24, 2.45) is 7.05 Å². The van der Waals surface area contributed by atoms with Crippen molar-refractivity contribution in [1.29, 1.82) is 0 Å². The Balaban J connectivity index is 1.26. The summed E-state index contributed by atoms with van der Waals surface area (Å²) in [5, 5.41) is 10.7. The van der Waals surface area contributed by atoms with Gasteiger partial charge >= 0.3 is 0 Å². The monoisotopic (exact) mass is 499 g/mol. The first-order chi connectivity index (χ1) is 18.0. The van der Waals surface area contributed by atoms with Crippen molar-refractivity contribution in [3.05, 3.63) is 72.1 Å². The first-order valence-electron chi connectivity index (χ1n) is 12.0. The lowest BCUT2D eigenvalue weighted by Crippen LogP contribution is -2.36. The number of benzene rings is 2. The van der Waals surface area contributed by atoms with E-state index in [1.165, 1.54) is 0 Å². The van der Waals surface area contributed by atoms with E-state index in [1.807, 2.05) is 61.5 Å². The van der Waals surface area contributed by atoms with Crippen LogP contribution in [0.25, 0.3) is 11.3 Å². The zero-order valence-electron chi connectivity index (χ0n) is 21.1. The molecule has 10 nitrogen and oxygen atoms in total. The molecule has 2 aromatic heterocycles. The predicted octanol–water partition coefficient (Wildman–Crippen LogP) is 4.03. The third-order valence-corrected chi connectivity index (χ3v) is 6.05. The molecule has 2 aromatic carbocycles. The SMILES string of the molecule is COc1cccc(-c2cc(C(=O)Nc3ccc(Nc4nc(C)cc(N5CCOCC5)n4)cc3)n(C)n2)c1. The molecule has 0 aliphatic carbocycles. The molecule has 1 aliphatic rings. The molecular weight excluding hydrogens is 470 g/mol. The van der Waals surface area contributed by atoms with Gasteiger partial charge in [-0.15, -0.1) is 0 Å². The lowest BCUT2D eigenvalue weighted by Gasteiger charge is -2.28. The van der Waals surface area contributed by atoms with Gasteiger partial charge in [-0.2, -0.15) is 10.1 Å². The Bertz CT molecular complexity index is 1400. The van der Waals surface area contributed by atoms with Crippen LogP contribution in [0, 0.1) is 6.92 Å². The van der Waals surface area contributed by atoms with Crippen LogP contribution in [0.2, 0.25) is 0 Å². The molecule has 1 saturated heterocycles. The van der Waals surface area contributed by atoms with Crippen molar-refractivity contribution >= 4 is 29.0 Å². The minimum Gasteiger partial charge on any atom is -0.497 e. The summed E-state index contributed by atoms with van der Waals surface area (Å²) < 4.78 is 12.3. The van der Waals surface area contributed by atoms with E-state index in [2.05, 4.69) is 30.6 Å². The second kappa shape index (κ2) is 10.7. The number of amides is 1. The second-order valence-corrected chi connectivity index (χ2v) is 8.72. The van der Waals surface area contributed by atoms with E-state index >= 15 is 0 Å². The number of hydrogen-bond donors (Lipinski definition) is 2. The maximum atomic E-state index is 13.0. The number of morpholine rings is 1. The Labute approximate surface area is 215 Å². The summed E-state index contributed by atoms with van der Waals surface area (Å²) >= 11 is 0. The van der Waals surface area contributed by atoms with Crippen LogP contribution in [-0.4, -0.2) is 59.1 Å². The summed E-state index contributed by atoms with van der Waals surface area (Å²) in [6, 6.07) is 18.7. The van der Waals surface area contributed by atoms with E-state index in [1.54, 1.807) is 24.9 Å². The molecule has 0 atom stereocenters. The molecule has 0 saturated carbocycles. The molecule has 4 aromatic rings. The average molecular weight is 500 g/mol. The van der Waals surface area contributed by atoms with Crippen LogP contribution in [0.3, 0.4) is 0 Å². The summed E-state index contributed by atoms with van der Waals surface area (Å²) in [6.45, 7) is 4.96. The molecule has 1 aliphatic heterocycles. The van der Waals surface area contributed by atoms with E-state index in [9.17, 15) is 4.79 Å². The molecule has 1 fully saturated rings. The van der Waals surface area contributed by atoms with Gasteiger partial charge in [0.25, 0.3) is 5.91 Å². The molecule has 0 spiro atoms. The Morgan fingerprint density at radius 3 is 2.51 bits per heavy atom. The smallest absolute Gasteiger partial charge is 0.273 e. The minimum atomic E-state index is -0.248. The van der Waals surface area contributed by atoms with Gasteiger partial charge in [-0.3, -0.25) is 9.48 Å². The fourth-order valence-corrected chi connectivity index (χ4v) is 4.13. The van der Waals surface area contributed by atoms with Crippen LogP contribution >= 0.6 is 0 Å². The Morgan fingerprint density at radius 1 is 1.00 bits per heavy atom. The van der Waals surface area contributed by atoms with E-state index in [-0.39, 0.29) is 5.91 Å². The number of ether oxygens (including phenoxy) is 2. The highest BCUT2D eigenvalue weighted by Gasteiger charge is 2.16. The molecule has 0 unspecified atom stereocenters. The fraction of sp³-hybridized carbons (Fsp3) is 0.259. The van der Waals surface area contributed by atoms with E-state index < -0.39 is 0 Å². The number of aryl methyl sites for hydroxylation is 2. The van der Waals surface area contributed by atoms with Crippen molar-refractivity contribution in [2.45, 2.75) is 6.92 Å². The number of anilines is 4. The van der Waals surface area contributed by atoms with Crippen LogP contribution in [0.15, 0.2) is 60.7 Å². The molecule has 3 heterocycles. The quantitative estimate of drug-likeness (QED) is 0.393. The second-order valence-electron chi connectivity index (χ2n) is 8.72. The van der Waals surface area contributed by atoms with Crippen LogP contribution in [0.4, 0.5) is 23.1 Å². The highest BCUT2D eigenvalue weighted by Crippen LogP contribution is 2.24. The number of aromatic nitrogens is 4. The Hall–Kier alpha value is -4.44. The lowest BCUT2D eigenvalue weighted by molar-refractivity contribution is 0.101. The lowest BCUT2D eigenvalue weighted by atomic mass is 10.1. The number of nitrogens with zero attached hydrogens (tertiary/aromatic N) is 5. The Kier molecular flexibility index (Phi) is 7.00. The zero-order chi connectivity index (χ0) is 25.8. The standard InChI is InChI=1S/C27H29N7O3/c1-18-15-25(34-11-13-37-14-12-34)31-27(28-18)30-21-9-7-20(8-10-21)29-26(35)24-17-23(32-33(24)2)19-5-4-6-22(16-19)36-3/h4-10,15-17H,11-14H2,1-3H3,(H,29,35)(H,28,30,31). The van der Waals surface area contributed by atoms with Crippen molar-refractivity contribution < 1.29 is 14.3 Å². The van der Waals surface area contributed by atoms with E-state index in [4.69, 9.17) is 9.47 Å². The average Bonchev–Trinajstić information content (AvgIpc) is 3.32. The van der Waals surface area contributed by atoms with Crippen LogP contribution < -0.4 is 20.3 Å². The number of rotatable bonds is 7. The van der Waals surface area contributed by atoms with Gasteiger partial charge in [0.1, 0.15) is 17.3 Å². The molecule has 10 heteroatoms. The first-order valence-corrected chi connectivity index (χ1v) is 12.0. The summed E-state index contributed by atoms with van der Waals surface area (Å²) in [4.78, 5) is 24.3. The molecule has 1 amide bonds. The summed E-state index contributed by atoms with van der Waals surface area (Å²) in [6.07, 6.45) is 0. The normalized spacial score (nSPS) is 13.3. The molecule has 2 N–H and O–H groups in total. The van der Waals surface area contributed by atoms with Gasteiger partial charge in [-0.25, -0.2) is 4.98 Å². The number of carbonyl (C=O) groups excluding carboxylic acids is 1. The highest BCUT2D eigenvalue weighted by atomic mass is 16.5. The maximum absolute atomic E-state index is 13.0. The third kappa shape index (κ3) is 5.70. The van der Waals surface area contributed by atoms with Crippen LogP contribution in [-0.2, 0) is 11.8 Å². The molecule has 0 radical (unpaired) electrons. The summed E-state index contributed by atoms with van der Waals surface area (Å²) in [5.74, 6) is 1.89. The number of methoxy groups -OCH3 is 1. The van der Waals surface area contributed by atoms with E-state index in [0.29, 0.717) is 36.2 Å². The third-order valence-electron chi connectivity index (χ3n) is 6.05. The van der Waals surface area contributed by atoms with Crippen molar-refractivity contribution in [3.63, 3.8) is 0 Å². The predicted molar refractivity (Wildman–Crippen MR) is 143 cm³/mol. The first kappa shape index (κ1) is 24.3. The summed E-state index contributed by atoms with van der Waals surface area (Å²) in [7, 11) is 3.37. The van der Waals surface area contributed by atoms with Gasteiger partial charge in [-0.05, 0) is 49.4 Å². The van der Waals surface area contributed by atoms with Crippen molar-refractivity contribution in [1.82, 2.24) is 19.7 Å². The molecular formula is C27H29N7O3. The highest BCUT2D eigenvalue weighted by molar-refractivity contribution is 6.03. The van der Waals surface area contributed by atoms with Crippen LogP contribution in [0.1, 0.15) is 16.2 Å². The fourth-order valence-electron chi connectivity index (χ4n) is 4.13. The van der Waals surface area contributed by atoms with E-state index in [0.717, 1.165) is 41.6 Å². The van der Waals surface area contributed by atoms with Crippen molar-refractivity contribution in [2.75, 3.05) is 48.9 Å². The van der Waals surface area contributed by atoms with Gasteiger partial charge < -0.3 is 25.0 Å². The topological polar surface area (TPSA) is 106 Å². The molecule has 190 valence electrons. The molecule has 37 heavy (non-hydrogen) atoms. The van der Waals surface area contributed by atoms with Gasteiger partial charge in [0.15, 0.2) is 0 Å². The molecule has 0 bridgehead atoms. The van der Waals surface area contributed by atoms with Gasteiger partial charge in [-0.1, -0.05) is 12.1 Å². The largest absolute Gasteiger partial charge is 0.497 e. The zero-order valence-corrected chi connectivity index (χ0v) is 21.1. The van der Waals surface area contributed by atoms with Gasteiger partial charge in [0, 0.05) is 48.8 Å². The van der Waals surface area contributed by atoms with Crippen LogP contribution in [0.5, 0.6) is 5.75 Å². The summed E-state index contributed by atoms with van der Waals surface area (Å²) in [5.41, 5.74) is 4.38. The van der Waals surface area contributed by atoms with Gasteiger partial charge in [0.05, 0.1) is 26.0 Å². The number of carbonyl (C=O) groups is 1. The maximum Gasteiger partial charge on any atom is 0.273 e.